The monoisotopic (exact) mass is 219 g/mol. The molecule has 0 radical (unpaired) electrons. The van der Waals surface area contributed by atoms with Crippen molar-refractivity contribution in [3.05, 3.63) is 41.4 Å². The van der Waals surface area contributed by atoms with Gasteiger partial charge in [-0.3, -0.25) is 0 Å². The summed E-state index contributed by atoms with van der Waals surface area (Å²) in [5, 5.41) is 14.0. The minimum absolute atomic E-state index is 0.119. The number of carbonyl (C=O) groups is 1. The van der Waals surface area contributed by atoms with Crippen LogP contribution in [0.3, 0.4) is 0 Å². The first-order chi connectivity index (χ1) is 7.25. The molecule has 2 aromatic rings. The zero-order chi connectivity index (χ0) is 10.7. The topological polar surface area (TPSA) is 65.0 Å². The number of carbonyl (C=O) groups excluding carboxylic acids is 1. The molecule has 1 aromatic heterocycles. The summed E-state index contributed by atoms with van der Waals surface area (Å²) in [5.74, 6) is -1.20. The summed E-state index contributed by atoms with van der Waals surface area (Å²) in [6, 6.07) is 9.42. The highest BCUT2D eigenvalue weighted by atomic mass is 32.1. The number of carboxylic acids is 1. The predicted molar refractivity (Wildman–Crippen MR) is 56.2 cm³/mol. The van der Waals surface area contributed by atoms with E-state index in [9.17, 15) is 9.90 Å². The number of anilines is 2. The average Bonchev–Trinajstić information content (AvgIpc) is 2.68. The van der Waals surface area contributed by atoms with Gasteiger partial charge in [0.25, 0.3) is 0 Å². The van der Waals surface area contributed by atoms with E-state index in [0.717, 1.165) is 17.0 Å². The van der Waals surface area contributed by atoms with E-state index in [1.807, 2.05) is 30.3 Å². The second-order valence-corrected chi connectivity index (χ2v) is 3.84. The molecule has 2 rings (SSSR count). The van der Waals surface area contributed by atoms with Crippen molar-refractivity contribution in [2.24, 2.45) is 0 Å². The van der Waals surface area contributed by atoms with E-state index in [-0.39, 0.29) is 4.88 Å². The van der Waals surface area contributed by atoms with E-state index in [4.69, 9.17) is 0 Å². The highest BCUT2D eigenvalue weighted by Crippen LogP contribution is 2.21. The summed E-state index contributed by atoms with van der Waals surface area (Å²) in [6.07, 6.45) is 1.28. The molecule has 4 nitrogen and oxygen atoms in total. The van der Waals surface area contributed by atoms with Crippen molar-refractivity contribution in [1.82, 2.24) is 4.98 Å². The third kappa shape index (κ3) is 2.32. The maximum Gasteiger partial charge on any atom is 0.187 e. The van der Waals surface area contributed by atoms with Gasteiger partial charge in [0.1, 0.15) is 0 Å². The molecule has 0 bridgehead atoms. The number of aromatic nitrogens is 1. The summed E-state index contributed by atoms with van der Waals surface area (Å²) < 4.78 is 0. The highest BCUT2D eigenvalue weighted by molar-refractivity contribution is 7.17. The van der Waals surface area contributed by atoms with Crippen LogP contribution in [0.1, 0.15) is 9.67 Å². The Morgan fingerprint density at radius 3 is 2.67 bits per heavy atom. The van der Waals surface area contributed by atoms with Crippen molar-refractivity contribution in [3.8, 4) is 0 Å². The van der Waals surface area contributed by atoms with Gasteiger partial charge in [-0.2, -0.15) is 0 Å². The van der Waals surface area contributed by atoms with Crippen LogP contribution in [0.4, 0.5) is 10.8 Å². The van der Waals surface area contributed by atoms with Crippen molar-refractivity contribution >= 4 is 28.1 Å². The van der Waals surface area contributed by atoms with E-state index in [2.05, 4.69) is 10.3 Å². The van der Waals surface area contributed by atoms with Crippen LogP contribution in [-0.2, 0) is 0 Å². The number of hydrogen-bond acceptors (Lipinski definition) is 5. The third-order valence-corrected chi connectivity index (χ3v) is 2.62. The lowest BCUT2D eigenvalue weighted by atomic mass is 10.3. The molecule has 0 aliphatic rings. The Kier molecular flexibility index (Phi) is 2.64. The first kappa shape index (κ1) is 9.67. The molecule has 1 N–H and O–H groups in total. The van der Waals surface area contributed by atoms with Gasteiger partial charge in [0.2, 0.25) is 0 Å². The SMILES string of the molecule is O=C([O-])c1cnc(Nc2ccccc2)s1. The van der Waals surface area contributed by atoms with Crippen LogP contribution in [-0.4, -0.2) is 11.0 Å². The van der Waals surface area contributed by atoms with Gasteiger partial charge in [-0.25, -0.2) is 4.98 Å². The molecule has 1 aromatic carbocycles. The largest absolute Gasteiger partial charge is 0.544 e. The zero-order valence-corrected chi connectivity index (χ0v) is 8.45. The Balaban J connectivity index is 2.15. The van der Waals surface area contributed by atoms with E-state index in [0.29, 0.717) is 5.13 Å². The standard InChI is InChI=1S/C10H8N2O2S/c13-9(14)8-6-11-10(15-8)12-7-4-2-1-3-5-7/h1-6H,(H,11,12)(H,13,14)/p-1. The molecule has 5 heteroatoms. The Morgan fingerprint density at radius 1 is 1.33 bits per heavy atom. The van der Waals surface area contributed by atoms with E-state index < -0.39 is 5.97 Å². The number of thiazole rings is 1. The summed E-state index contributed by atoms with van der Waals surface area (Å²) in [6.45, 7) is 0. The van der Waals surface area contributed by atoms with Gasteiger partial charge in [-0.15, -0.1) is 0 Å². The molecule has 0 spiro atoms. The predicted octanol–water partition coefficient (Wildman–Crippen LogP) is 1.25. The quantitative estimate of drug-likeness (QED) is 0.843. The van der Waals surface area contributed by atoms with Crippen molar-refractivity contribution < 1.29 is 9.90 Å². The minimum atomic E-state index is -1.20. The van der Waals surface area contributed by atoms with Gasteiger partial charge in [-0.1, -0.05) is 29.5 Å². The van der Waals surface area contributed by atoms with E-state index in [1.54, 1.807) is 0 Å². The van der Waals surface area contributed by atoms with Crippen molar-refractivity contribution in [2.75, 3.05) is 5.32 Å². The van der Waals surface area contributed by atoms with Gasteiger partial charge in [-0.05, 0) is 12.1 Å². The maximum atomic E-state index is 10.5. The number of para-hydroxylation sites is 1. The summed E-state index contributed by atoms with van der Waals surface area (Å²) in [5.41, 5.74) is 0.872. The normalized spacial score (nSPS) is 9.87. The van der Waals surface area contributed by atoms with Gasteiger partial charge >= 0.3 is 0 Å². The molecule has 0 amide bonds. The Bertz CT molecular complexity index is 467. The van der Waals surface area contributed by atoms with Crippen molar-refractivity contribution in [3.63, 3.8) is 0 Å². The van der Waals surface area contributed by atoms with E-state index >= 15 is 0 Å². The van der Waals surface area contributed by atoms with Crippen molar-refractivity contribution in [1.29, 1.82) is 0 Å². The third-order valence-electron chi connectivity index (χ3n) is 1.73. The number of nitrogens with zero attached hydrogens (tertiary/aromatic N) is 1. The minimum Gasteiger partial charge on any atom is -0.544 e. The molecule has 0 atom stereocenters. The Morgan fingerprint density at radius 2 is 2.07 bits per heavy atom. The number of rotatable bonds is 3. The first-order valence-electron chi connectivity index (χ1n) is 4.25. The summed E-state index contributed by atoms with van der Waals surface area (Å²) in [4.78, 5) is 14.5. The lowest BCUT2D eigenvalue weighted by Gasteiger charge is -2.00. The second kappa shape index (κ2) is 4.10. The molecular weight excluding hydrogens is 212 g/mol. The van der Waals surface area contributed by atoms with Crippen LogP contribution < -0.4 is 10.4 Å². The molecule has 0 aliphatic carbocycles. The summed E-state index contributed by atoms with van der Waals surface area (Å²) in [7, 11) is 0. The summed E-state index contributed by atoms with van der Waals surface area (Å²) >= 11 is 1.05. The lowest BCUT2D eigenvalue weighted by Crippen LogP contribution is -2.20. The Hall–Kier alpha value is -1.88. The molecule has 0 aliphatic heterocycles. The van der Waals surface area contributed by atoms with Crippen LogP contribution in [0, 0.1) is 0 Å². The van der Waals surface area contributed by atoms with Crippen LogP contribution >= 0.6 is 11.3 Å². The number of nitrogens with one attached hydrogen (secondary N) is 1. The first-order valence-corrected chi connectivity index (χ1v) is 5.06. The lowest BCUT2D eigenvalue weighted by molar-refractivity contribution is -0.254. The molecule has 0 saturated carbocycles. The van der Waals surface area contributed by atoms with Crippen molar-refractivity contribution in [2.45, 2.75) is 0 Å². The fourth-order valence-electron chi connectivity index (χ4n) is 1.07. The zero-order valence-electron chi connectivity index (χ0n) is 7.64. The van der Waals surface area contributed by atoms with Gasteiger partial charge < -0.3 is 15.2 Å². The molecular formula is C10H7N2O2S-. The van der Waals surface area contributed by atoms with Crippen LogP contribution in [0.25, 0.3) is 0 Å². The molecule has 1 heterocycles. The van der Waals surface area contributed by atoms with Crippen LogP contribution in [0.2, 0.25) is 0 Å². The fourth-order valence-corrected chi connectivity index (χ4v) is 1.74. The van der Waals surface area contributed by atoms with Gasteiger partial charge in [0.15, 0.2) is 5.13 Å². The average molecular weight is 219 g/mol. The number of carboxylic acid groups (broad SMARTS) is 1. The van der Waals surface area contributed by atoms with Crippen LogP contribution in [0.15, 0.2) is 36.5 Å². The molecule has 0 fully saturated rings. The van der Waals surface area contributed by atoms with Gasteiger partial charge in [0.05, 0.1) is 10.8 Å². The van der Waals surface area contributed by atoms with E-state index in [1.165, 1.54) is 6.20 Å². The number of benzene rings is 1. The molecule has 0 unspecified atom stereocenters. The van der Waals surface area contributed by atoms with Gasteiger partial charge in [0, 0.05) is 11.9 Å². The fraction of sp³-hybridized carbons (Fsp3) is 0. The highest BCUT2D eigenvalue weighted by Gasteiger charge is 2.02. The molecule has 0 saturated heterocycles. The smallest absolute Gasteiger partial charge is 0.187 e. The second-order valence-electron chi connectivity index (χ2n) is 2.81. The number of hydrogen-bond donors (Lipinski definition) is 1. The maximum absolute atomic E-state index is 10.5. The molecule has 76 valence electrons. The Labute approximate surface area is 90.2 Å². The number of aromatic carboxylic acids is 1. The molecule has 15 heavy (non-hydrogen) atoms. The van der Waals surface area contributed by atoms with Crippen LogP contribution in [0.5, 0.6) is 0 Å².